The van der Waals surface area contributed by atoms with Crippen LogP contribution < -0.4 is 0 Å². The van der Waals surface area contributed by atoms with Crippen LogP contribution in [-0.2, 0) is 4.74 Å². The Morgan fingerprint density at radius 3 is 1.58 bits per heavy atom. The molecule has 0 radical (unpaired) electrons. The normalized spacial score (nSPS) is 15.8. The first-order valence-electron chi connectivity index (χ1n) is 4.24. The van der Waals surface area contributed by atoms with Crippen LogP contribution in [0.15, 0.2) is 0 Å². The van der Waals surface area contributed by atoms with Crippen molar-refractivity contribution >= 4 is 0 Å². The largest absolute Gasteiger partial charge is 0.375 e. The van der Waals surface area contributed by atoms with Crippen molar-refractivity contribution in [3.63, 3.8) is 0 Å². The molecule has 0 amide bonds. The summed E-state index contributed by atoms with van der Waals surface area (Å²) in [5, 5.41) is 0. The molecular formula is C9H18F2O. The van der Waals surface area contributed by atoms with Gasteiger partial charge in [0.2, 0.25) is 0 Å². The SMILES string of the molecule is COC(C(C)C)C(F)(F)C(C)C. The van der Waals surface area contributed by atoms with Gasteiger partial charge < -0.3 is 4.74 Å². The van der Waals surface area contributed by atoms with E-state index in [1.54, 1.807) is 13.8 Å². The number of methoxy groups -OCH3 is 1. The Balaban J connectivity index is 4.47. The highest BCUT2D eigenvalue weighted by Gasteiger charge is 2.44. The third-order valence-electron chi connectivity index (χ3n) is 2.01. The Hall–Kier alpha value is -0.180. The lowest BCUT2D eigenvalue weighted by Gasteiger charge is -2.31. The summed E-state index contributed by atoms with van der Waals surface area (Å²) >= 11 is 0. The summed E-state index contributed by atoms with van der Waals surface area (Å²) in [6, 6.07) is 0. The van der Waals surface area contributed by atoms with Gasteiger partial charge in [-0.1, -0.05) is 27.7 Å². The lowest BCUT2D eigenvalue weighted by atomic mass is 9.93. The van der Waals surface area contributed by atoms with Gasteiger partial charge in [0.15, 0.2) is 0 Å². The molecule has 0 fully saturated rings. The van der Waals surface area contributed by atoms with E-state index in [1.165, 1.54) is 21.0 Å². The van der Waals surface area contributed by atoms with E-state index in [2.05, 4.69) is 0 Å². The van der Waals surface area contributed by atoms with Crippen molar-refractivity contribution < 1.29 is 13.5 Å². The van der Waals surface area contributed by atoms with Gasteiger partial charge in [-0.05, 0) is 5.92 Å². The molecule has 0 aliphatic carbocycles. The van der Waals surface area contributed by atoms with Crippen LogP contribution in [0.25, 0.3) is 0 Å². The van der Waals surface area contributed by atoms with Crippen molar-refractivity contribution in [1.82, 2.24) is 0 Å². The molecule has 0 spiro atoms. The van der Waals surface area contributed by atoms with E-state index in [9.17, 15) is 8.78 Å². The van der Waals surface area contributed by atoms with Crippen LogP contribution in [0.1, 0.15) is 27.7 Å². The summed E-state index contributed by atoms with van der Waals surface area (Å²) in [4.78, 5) is 0. The molecular weight excluding hydrogens is 162 g/mol. The van der Waals surface area contributed by atoms with Crippen molar-refractivity contribution in [2.75, 3.05) is 7.11 Å². The zero-order valence-corrected chi connectivity index (χ0v) is 8.40. The summed E-state index contributed by atoms with van der Waals surface area (Å²) in [5.74, 6) is -3.57. The molecule has 3 heteroatoms. The minimum atomic E-state index is -2.73. The van der Waals surface area contributed by atoms with Crippen molar-refractivity contribution in [1.29, 1.82) is 0 Å². The van der Waals surface area contributed by atoms with Gasteiger partial charge in [-0.3, -0.25) is 0 Å². The maximum absolute atomic E-state index is 13.3. The molecule has 0 rings (SSSR count). The highest BCUT2D eigenvalue weighted by molar-refractivity contribution is 4.82. The summed E-state index contributed by atoms with van der Waals surface area (Å²) < 4.78 is 31.5. The van der Waals surface area contributed by atoms with Crippen LogP contribution in [0.4, 0.5) is 8.78 Å². The molecule has 0 aliphatic rings. The molecule has 1 nitrogen and oxygen atoms in total. The molecule has 0 aromatic carbocycles. The number of ether oxygens (including phenoxy) is 1. The molecule has 0 heterocycles. The van der Waals surface area contributed by atoms with Gasteiger partial charge in [0.05, 0.1) is 0 Å². The van der Waals surface area contributed by atoms with Gasteiger partial charge >= 0.3 is 0 Å². The standard InChI is InChI=1S/C9H18F2O/c1-6(2)8(12-5)9(10,11)7(3)4/h6-8H,1-5H3. The fourth-order valence-electron chi connectivity index (χ4n) is 1.20. The number of halogens is 2. The number of rotatable bonds is 4. The molecule has 1 unspecified atom stereocenters. The Morgan fingerprint density at radius 1 is 1.08 bits per heavy atom. The molecule has 0 aromatic rings. The summed E-state index contributed by atoms with van der Waals surface area (Å²) in [5.41, 5.74) is 0. The topological polar surface area (TPSA) is 9.23 Å². The van der Waals surface area contributed by atoms with Crippen molar-refractivity contribution in [3.05, 3.63) is 0 Å². The average Bonchev–Trinajstić information content (AvgIpc) is 1.86. The lowest BCUT2D eigenvalue weighted by Crippen LogP contribution is -2.43. The average molecular weight is 180 g/mol. The molecule has 0 aromatic heterocycles. The van der Waals surface area contributed by atoms with E-state index in [-0.39, 0.29) is 5.92 Å². The van der Waals surface area contributed by atoms with E-state index in [0.717, 1.165) is 0 Å². The minimum absolute atomic E-state index is 0.160. The van der Waals surface area contributed by atoms with E-state index < -0.39 is 17.9 Å². The Labute approximate surface area is 73.1 Å². The monoisotopic (exact) mass is 180 g/mol. The predicted molar refractivity (Wildman–Crippen MR) is 45.4 cm³/mol. The van der Waals surface area contributed by atoms with E-state index in [4.69, 9.17) is 4.74 Å². The van der Waals surface area contributed by atoms with Gasteiger partial charge in [0.25, 0.3) is 5.92 Å². The van der Waals surface area contributed by atoms with Crippen LogP contribution in [0.2, 0.25) is 0 Å². The van der Waals surface area contributed by atoms with Gasteiger partial charge in [0.1, 0.15) is 6.10 Å². The summed E-state index contributed by atoms with van der Waals surface area (Å²) in [7, 11) is 1.33. The van der Waals surface area contributed by atoms with Gasteiger partial charge in [-0.2, -0.15) is 0 Å². The zero-order chi connectivity index (χ0) is 9.94. The fraction of sp³-hybridized carbons (Fsp3) is 1.00. The van der Waals surface area contributed by atoms with Crippen LogP contribution in [0, 0.1) is 11.8 Å². The third kappa shape index (κ3) is 2.41. The first kappa shape index (κ1) is 11.8. The predicted octanol–water partition coefficient (Wildman–Crippen LogP) is 2.95. The van der Waals surface area contributed by atoms with E-state index in [1.807, 2.05) is 0 Å². The maximum atomic E-state index is 13.3. The molecule has 0 saturated carbocycles. The number of hydrogen-bond acceptors (Lipinski definition) is 1. The Bertz CT molecular complexity index is 132. The van der Waals surface area contributed by atoms with E-state index in [0.29, 0.717) is 0 Å². The number of hydrogen-bond donors (Lipinski definition) is 0. The second-order valence-electron chi connectivity index (χ2n) is 3.73. The van der Waals surface area contributed by atoms with Crippen LogP contribution in [0.5, 0.6) is 0 Å². The first-order valence-corrected chi connectivity index (χ1v) is 4.24. The highest BCUT2D eigenvalue weighted by atomic mass is 19.3. The quantitative estimate of drug-likeness (QED) is 0.646. The molecule has 0 aliphatic heterocycles. The Morgan fingerprint density at radius 2 is 1.50 bits per heavy atom. The maximum Gasteiger partial charge on any atom is 0.276 e. The van der Waals surface area contributed by atoms with Gasteiger partial charge in [0, 0.05) is 13.0 Å². The molecule has 0 N–H and O–H groups in total. The Kier molecular flexibility index (Phi) is 4.11. The zero-order valence-electron chi connectivity index (χ0n) is 8.40. The van der Waals surface area contributed by atoms with E-state index >= 15 is 0 Å². The molecule has 1 atom stereocenters. The van der Waals surface area contributed by atoms with Crippen LogP contribution >= 0.6 is 0 Å². The molecule has 12 heavy (non-hydrogen) atoms. The second kappa shape index (κ2) is 4.17. The summed E-state index contributed by atoms with van der Waals surface area (Å²) in [6.07, 6.45) is -0.975. The molecule has 0 saturated heterocycles. The number of alkyl halides is 2. The van der Waals surface area contributed by atoms with Crippen LogP contribution in [0.3, 0.4) is 0 Å². The van der Waals surface area contributed by atoms with Crippen molar-refractivity contribution in [2.24, 2.45) is 11.8 Å². The van der Waals surface area contributed by atoms with Gasteiger partial charge in [-0.15, -0.1) is 0 Å². The first-order chi connectivity index (χ1) is 5.34. The lowest BCUT2D eigenvalue weighted by molar-refractivity contribution is -0.167. The van der Waals surface area contributed by atoms with Crippen molar-refractivity contribution in [3.8, 4) is 0 Å². The van der Waals surface area contributed by atoms with Crippen molar-refractivity contribution in [2.45, 2.75) is 39.7 Å². The highest BCUT2D eigenvalue weighted by Crippen LogP contribution is 2.33. The second-order valence-corrected chi connectivity index (χ2v) is 3.73. The minimum Gasteiger partial charge on any atom is -0.375 e. The third-order valence-corrected chi connectivity index (χ3v) is 2.01. The van der Waals surface area contributed by atoms with Gasteiger partial charge in [-0.25, -0.2) is 8.78 Å². The molecule has 74 valence electrons. The molecule has 0 bridgehead atoms. The smallest absolute Gasteiger partial charge is 0.276 e. The van der Waals surface area contributed by atoms with Crippen LogP contribution in [-0.4, -0.2) is 19.1 Å². The fourth-order valence-corrected chi connectivity index (χ4v) is 1.20. The summed E-state index contributed by atoms with van der Waals surface area (Å²) in [6.45, 7) is 6.50.